The minimum absolute atomic E-state index is 0.0101. The summed E-state index contributed by atoms with van der Waals surface area (Å²) in [6.45, 7) is 5.09. The molecule has 3 rings (SSSR count). The van der Waals surface area contributed by atoms with Gasteiger partial charge in [0.1, 0.15) is 23.9 Å². The molecular formula is C23H21Cl2FN4O4. The molecule has 0 saturated heterocycles. The molecule has 1 amide bonds. The number of nitrogens with zero attached hydrogens (tertiary/aromatic N) is 2. The van der Waals surface area contributed by atoms with Crippen molar-refractivity contribution < 1.29 is 23.4 Å². The molecule has 34 heavy (non-hydrogen) atoms. The summed E-state index contributed by atoms with van der Waals surface area (Å²) in [6, 6.07) is 4.09. The van der Waals surface area contributed by atoms with Crippen LogP contribution < -0.4 is 24.8 Å². The zero-order valence-electron chi connectivity index (χ0n) is 18.5. The van der Waals surface area contributed by atoms with Gasteiger partial charge in [-0.15, -0.1) is 0 Å². The Kier molecular flexibility index (Phi) is 8.14. The number of anilines is 3. The fourth-order valence-corrected chi connectivity index (χ4v) is 3.59. The van der Waals surface area contributed by atoms with Crippen LogP contribution in [0.3, 0.4) is 0 Å². The molecule has 0 atom stereocenters. The predicted octanol–water partition coefficient (Wildman–Crippen LogP) is 5.70. The third-order valence-electron chi connectivity index (χ3n) is 4.66. The largest absolute Gasteiger partial charge is 0.495 e. The zero-order chi connectivity index (χ0) is 24.8. The van der Waals surface area contributed by atoms with Crippen LogP contribution >= 0.6 is 23.2 Å². The van der Waals surface area contributed by atoms with Gasteiger partial charge in [-0.2, -0.15) is 0 Å². The molecule has 0 aliphatic rings. The number of hydrogen-bond donors (Lipinski definition) is 2. The van der Waals surface area contributed by atoms with Crippen molar-refractivity contribution in [2.75, 3.05) is 24.9 Å². The minimum atomic E-state index is -0.501. The Morgan fingerprint density at radius 1 is 1.12 bits per heavy atom. The topological polar surface area (TPSA) is 94.6 Å². The number of hydrogen-bond acceptors (Lipinski definition) is 7. The molecule has 0 spiro atoms. The van der Waals surface area contributed by atoms with E-state index < -0.39 is 11.7 Å². The number of carbonyl (C=O) groups excluding carboxylic acids is 1. The van der Waals surface area contributed by atoms with Crippen LogP contribution in [0.2, 0.25) is 10.0 Å². The van der Waals surface area contributed by atoms with Crippen molar-refractivity contribution in [2.45, 2.75) is 13.5 Å². The first-order valence-electron chi connectivity index (χ1n) is 9.81. The number of halogens is 3. The van der Waals surface area contributed by atoms with Gasteiger partial charge in [0.15, 0.2) is 5.75 Å². The third-order valence-corrected chi connectivity index (χ3v) is 5.49. The zero-order valence-corrected chi connectivity index (χ0v) is 20.1. The Morgan fingerprint density at radius 3 is 2.29 bits per heavy atom. The van der Waals surface area contributed by atoms with Gasteiger partial charge in [-0.3, -0.25) is 4.79 Å². The van der Waals surface area contributed by atoms with Gasteiger partial charge in [0, 0.05) is 11.6 Å². The number of aromatic nitrogens is 2. The smallest absolute Gasteiger partial charge is 0.247 e. The second-order valence-electron chi connectivity index (χ2n) is 6.88. The van der Waals surface area contributed by atoms with Gasteiger partial charge in [-0.25, -0.2) is 14.4 Å². The quantitative estimate of drug-likeness (QED) is 0.359. The Hall–Kier alpha value is -3.56. The molecule has 1 heterocycles. The molecular weight excluding hydrogens is 486 g/mol. The van der Waals surface area contributed by atoms with Crippen LogP contribution in [0, 0.1) is 12.7 Å². The molecule has 3 aromatic rings. The molecule has 0 fully saturated rings. The van der Waals surface area contributed by atoms with Gasteiger partial charge in [0.2, 0.25) is 11.9 Å². The van der Waals surface area contributed by atoms with Gasteiger partial charge < -0.3 is 24.8 Å². The van der Waals surface area contributed by atoms with E-state index in [-0.39, 0.29) is 18.2 Å². The van der Waals surface area contributed by atoms with E-state index >= 15 is 0 Å². The average molecular weight is 507 g/mol. The summed E-state index contributed by atoms with van der Waals surface area (Å²) >= 11 is 12.7. The van der Waals surface area contributed by atoms with E-state index in [4.69, 9.17) is 37.4 Å². The fourth-order valence-electron chi connectivity index (χ4n) is 2.98. The van der Waals surface area contributed by atoms with E-state index in [1.54, 1.807) is 13.0 Å². The molecule has 0 bridgehead atoms. The first kappa shape index (κ1) is 25.1. The van der Waals surface area contributed by atoms with Gasteiger partial charge in [-0.1, -0.05) is 29.8 Å². The number of aryl methyl sites for hydroxylation is 1. The van der Waals surface area contributed by atoms with Gasteiger partial charge in [-0.05, 0) is 30.7 Å². The second kappa shape index (κ2) is 11.0. The standard InChI is InChI=1S/C23H21Cl2FN4O4/c1-5-19(31)29-16-7-13(26)6-12(2)22(16)30-23-27-9-14(10-28-23)34-11-15-20(24)17(32-3)8-18(33-4)21(15)25/h5-10H,1,11H2,2-4H3,(H,29,31)(H,27,28,30). The number of rotatable bonds is 9. The van der Waals surface area contributed by atoms with Crippen molar-refractivity contribution in [3.05, 3.63) is 70.2 Å². The van der Waals surface area contributed by atoms with Crippen molar-refractivity contribution in [3.63, 3.8) is 0 Å². The highest BCUT2D eigenvalue weighted by Crippen LogP contribution is 2.40. The second-order valence-corrected chi connectivity index (χ2v) is 7.64. The van der Waals surface area contributed by atoms with E-state index in [1.165, 1.54) is 38.7 Å². The SMILES string of the molecule is C=CC(=O)Nc1cc(F)cc(C)c1Nc1ncc(OCc2c(Cl)c(OC)cc(OC)c2Cl)cn1. The highest BCUT2D eigenvalue weighted by atomic mass is 35.5. The summed E-state index contributed by atoms with van der Waals surface area (Å²) < 4.78 is 30.1. The predicted molar refractivity (Wildman–Crippen MR) is 129 cm³/mol. The van der Waals surface area contributed by atoms with Crippen molar-refractivity contribution in [3.8, 4) is 17.2 Å². The van der Waals surface area contributed by atoms with Crippen LogP contribution in [0.15, 0.2) is 43.2 Å². The maximum absolute atomic E-state index is 13.8. The van der Waals surface area contributed by atoms with Crippen LogP contribution in [0.5, 0.6) is 17.2 Å². The number of benzene rings is 2. The van der Waals surface area contributed by atoms with Crippen LogP contribution in [0.25, 0.3) is 0 Å². The van der Waals surface area contributed by atoms with E-state index in [0.717, 1.165) is 6.08 Å². The van der Waals surface area contributed by atoms with Crippen molar-refractivity contribution >= 4 is 46.4 Å². The lowest BCUT2D eigenvalue weighted by molar-refractivity contribution is -0.111. The first-order valence-corrected chi connectivity index (χ1v) is 10.6. The third kappa shape index (κ3) is 5.67. The first-order chi connectivity index (χ1) is 16.3. The highest BCUT2D eigenvalue weighted by Gasteiger charge is 2.18. The van der Waals surface area contributed by atoms with Crippen LogP contribution in [-0.2, 0) is 11.4 Å². The molecule has 0 unspecified atom stereocenters. The fraction of sp³-hybridized carbons (Fsp3) is 0.174. The number of carbonyl (C=O) groups is 1. The maximum atomic E-state index is 13.8. The monoisotopic (exact) mass is 506 g/mol. The summed E-state index contributed by atoms with van der Waals surface area (Å²) in [7, 11) is 2.96. The Labute approximate surface area is 205 Å². The summed E-state index contributed by atoms with van der Waals surface area (Å²) in [4.78, 5) is 20.1. The molecule has 0 aliphatic heterocycles. The lowest BCUT2D eigenvalue weighted by atomic mass is 10.1. The molecule has 0 aliphatic carbocycles. The normalized spacial score (nSPS) is 10.4. The highest BCUT2D eigenvalue weighted by molar-refractivity contribution is 6.37. The van der Waals surface area contributed by atoms with E-state index in [1.807, 2.05) is 0 Å². The van der Waals surface area contributed by atoms with Crippen molar-refractivity contribution in [1.82, 2.24) is 9.97 Å². The molecule has 1 aromatic heterocycles. The molecule has 2 N–H and O–H groups in total. The van der Waals surface area contributed by atoms with Crippen LogP contribution in [0.4, 0.5) is 21.7 Å². The van der Waals surface area contributed by atoms with Crippen molar-refractivity contribution in [1.29, 1.82) is 0 Å². The Bertz CT molecular complexity index is 1190. The molecule has 0 radical (unpaired) electrons. The lowest BCUT2D eigenvalue weighted by Gasteiger charge is -2.16. The van der Waals surface area contributed by atoms with Crippen LogP contribution in [0.1, 0.15) is 11.1 Å². The summed E-state index contributed by atoms with van der Waals surface area (Å²) in [5.74, 6) is 0.353. The lowest BCUT2D eigenvalue weighted by Crippen LogP contribution is -2.11. The molecule has 0 saturated carbocycles. The summed E-state index contributed by atoms with van der Waals surface area (Å²) in [5, 5.41) is 6.13. The number of amides is 1. The molecule has 8 nitrogen and oxygen atoms in total. The van der Waals surface area contributed by atoms with Gasteiger partial charge in [0.25, 0.3) is 0 Å². The summed E-state index contributed by atoms with van der Waals surface area (Å²) in [6.07, 6.45) is 3.97. The van der Waals surface area contributed by atoms with E-state index in [2.05, 4.69) is 27.2 Å². The Balaban J connectivity index is 1.78. The number of methoxy groups -OCH3 is 2. The average Bonchev–Trinajstić information content (AvgIpc) is 2.82. The van der Waals surface area contributed by atoms with E-state index in [0.29, 0.717) is 44.1 Å². The molecule has 11 heteroatoms. The minimum Gasteiger partial charge on any atom is -0.495 e. The summed E-state index contributed by atoms with van der Waals surface area (Å²) in [5.41, 5.74) is 1.68. The number of ether oxygens (including phenoxy) is 3. The van der Waals surface area contributed by atoms with Gasteiger partial charge in [0.05, 0.1) is 48.0 Å². The molecule has 178 valence electrons. The van der Waals surface area contributed by atoms with Crippen molar-refractivity contribution in [2.24, 2.45) is 0 Å². The van der Waals surface area contributed by atoms with E-state index in [9.17, 15) is 9.18 Å². The molecule has 2 aromatic carbocycles. The van der Waals surface area contributed by atoms with Gasteiger partial charge >= 0.3 is 0 Å². The van der Waals surface area contributed by atoms with Crippen LogP contribution in [-0.4, -0.2) is 30.1 Å². The Morgan fingerprint density at radius 2 is 1.74 bits per heavy atom. The maximum Gasteiger partial charge on any atom is 0.247 e. The number of nitrogens with one attached hydrogen (secondary N) is 2.